The number of ether oxygens (including phenoxy) is 1. The number of benzene rings is 2. The zero-order chi connectivity index (χ0) is 22.0. The first kappa shape index (κ1) is 20.8. The molecule has 0 spiro atoms. The number of nitrogens with zero attached hydrogens (tertiary/aromatic N) is 2. The fourth-order valence-electron chi connectivity index (χ4n) is 4.22. The predicted molar refractivity (Wildman–Crippen MR) is 118 cm³/mol. The van der Waals surface area contributed by atoms with Gasteiger partial charge in [0, 0.05) is 0 Å². The second-order valence-corrected chi connectivity index (χ2v) is 7.99. The SMILES string of the molecule is Cc1nn(-c2ccccc2)c(C)c1C(=O)O[C@H](C)C(=O)N[C@H]1CCCc2ccccc21. The maximum absolute atomic E-state index is 12.9. The Kier molecular flexibility index (Phi) is 5.89. The summed E-state index contributed by atoms with van der Waals surface area (Å²) in [5.74, 6) is -0.829. The molecule has 0 saturated carbocycles. The molecular formula is C25H27N3O3. The lowest BCUT2D eigenvalue weighted by Crippen LogP contribution is -2.39. The van der Waals surface area contributed by atoms with Crippen molar-refractivity contribution in [2.24, 2.45) is 0 Å². The van der Waals surface area contributed by atoms with E-state index in [9.17, 15) is 9.59 Å². The number of nitrogens with one attached hydrogen (secondary N) is 1. The minimum absolute atomic E-state index is 0.0529. The Morgan fingerprint density at radius 1 is 1.10 bits per heavy atom. The molecule has 1 aromatic heterocycles. The molecule has 2 aromatic carbocycles. The van der Waals surface area contributed by atoms with Crippen molar-refractivity contribution in [2.75, 3.05) is 0 Å². The van der Waals surface area contributed by atoms with Gasteiger partial charge in [-0.25, -0.2) is 9.48 Å². The number of fused-ring (bicyclic) bond motifs is 1. The van der Waals surface area contributed by atoms with Crippen molar-refractivity contribution in [3.8, 4) is 5.69 Å². The third kappa shape index (κ3) is 4.24. The van der Waals surface area contributed by atoms with Gasteiger partial charge in [-0.05, 0) is 63.3 Å². The topological polar surface area (TPSA) is 73.2 Å². The third-order valence-electron chi connectivity index (χ3n) is 5.84. The lowest BCUT2D eigenvalue weighted by atomic mass is 9.87. The Morgan fingerprint density at radius 3 is 2.58 bits per heavy atom. The summed E-state index contributed by atoms with van der Waals surface area (Å²) in [6, 6.07) is 17.7. The highest BCUT2D eigenvalue weighted by atomic mass is 16.5. The quantitative estimate of drug-likeness (QED) is 0.631. The smallest absolute Gasteiger partial charge is 0.342 e. The van der Waals surface area contributed by atoms with E-state index in [1.165, 1.54) is 5.56 Å². The zero-order valence-electron chi connectivity index (χ0n) is 18.1. The molecule has 1 aliphatic carbocycles. The summed E-state index contributed by atoms with van der Waals surface area (Å²) in [6.45, 7) is 5.20. The van der Waals surface area contributed by atoms with E-state index >= 15 is 0 Å². The van der Waals surface area contributed by atoms with Gasteiger partial charge in [-0.3, -0.25) is 4.79 Å². The average molecular weight is 418 g/mol. The number of esters is 1. The van der Waals surface area contributed by atoms with Crippen molar-refractivity contribution in [2.45, 2.75) is 52.2 Å². The number of hydrogen-bond donors (Lipinski definition) is 1. The molecule has 1 heterocycles. The Labute approximate surface area is 182 Å². The van der Waals surface area contributed by atoms with Crippen LogP contribution in [0.15, 0.2) is 54.6 Å². The molecule has 0 fully saturated rings. The number of para-hydroxylation sites is 1. The Morgan fingerprint density at radius 2 is 1.81 bits per heavy atom. The van der Waals surface area contributed by atoms with E-state index in [1.807, 2.05) is 49.4 Å². The lowest BCUT2D eigenvalue weighted by molar-refractivity contribution is -0.130. The highest BCUT2D eigenvalue weighted by molar-refractivity contribution is 5.94. The Bertz CT molecular complexity index is 1100. The molecule has 0 saturated heterocycles. The number of amides is 1. The normalized spacial score (nSPS) is 16.3. The van der Waals surface area contributed by atoms with Crippen LogP contribution in [0.5, 0.6) is 0 Å². The highest BCUT2D eigenvalue weighted by Crippen LogP contribution is 2.29. The van der Waals surface area contributed by atoms with Crippen LogP contribution in [0.2, 0.25) is 0 Å². The number of carbonyl (C=O) groups is 2. The van der Waals surface area contributed by atoms with Crippen LogP contribution in [0.25, 0.3) is 5.69 Å². The fourth-order valence-corrected chi connectivity index (χ4v) is 4.22. The van der Waals surface area contributed by atoms with E-state index in [2.05, 4.69) is 22.5 Å². The summed E-state index contributed by atoms with van der Waals surface area (Å²) in [4.78, 5) is 25.7. The molecular weight excluding hydrogens is 390 g/mol. The molecule has 0 bridgehead atoms. The summed E-state index contributed by atoms with van der Waals surface area (Å²) in [6.07, 6.45) is 2.02. The number of hydrogen-bond acceptors (Lipinski definition) is 4. The van der Waals surface area contributed by atoms with Gasteiger partial charge in [0.2, 0.25) is 0 Å². The van der Waals surface area contributed by atoms with Crippen LogP contribution in [0.3, 0.4) is 0 Å². The second-order valence-electron chi connectivity index (χ2n) is 7.99. The van der Waals surface area contributed by atoms with E-state index in [1.54, 1.807) is 18.5 Å². The number of rotatable bonds is 5. The van der Waals surface area contributed by atoms with Crippen LogP contribution in [-0.4, -0.2) is 27.8 Å². The first-order chi connectivity index (χ1) is 15.0. The number of carbonyl (C=O) groups excluding carboxylic acids is 2. The van der Waals surface area contributed by atoms with Gasteiger partial charge in [0.15, 0.2) is 6.10 Å². The molecule has 0 unspecified atom stereocenters. The lowest BCUT2D eigenvalue weighted by Gasteiger charge is -2.27. The Balaban J connectivity index is 1.46. The van der Waals surface area contributed by atoms with E-state index in [-0.39, 0.29) is 11.9 Å². The Hall–Kier alpha value is -3.41. The van der Waals surface area contributed by atoms with Gasteiger partial charge in [-0.15, -0.1) is 0 Å². The molecule has 6 heteroatoms. The van der Waals surface area contributed by atoms with Crippen molar-refractivity contribution in [3.05, 3.63) is 82.7 Å². The fraction of sp³-hybridized carbons (Fsp3) is 0.320. The monoisotopic (exact) mass is 417 g/mol. The van der Waals surface area contributed by atoms with Gasteiger partial charge in [0.1, 0.15) is 5.56 Å². The summed E-state index contributed by atoms with van der Waals surface area (Å²) in [5, 5.41) is 7.54. The van der Waals surface area contributed by atoms with Crippen molar-refractivity contribution in [1.29, 1.82) is 0 Å². The van der Waals surface area contributed by atoms with Gasteiger partial charge < -0.3 is 10.1 Å². The molecule has 3 aromatic rings. The van der Waals surface area contributed by atoms with Crippen LogP contribution in [0, 0.1) is 13.8 Å². The second kappa shape index (κ2) is 8.76. The summed E-state index contributed by atoms with van der Waals surface area (Å²) < 4.78 is 7.25. The van der Waals surface area contributed by atoms with Gasteiger partial charge in [-0.2, -0.15) is 5.10 Å². The molecule has 160 valence electrons. The van der Waals surface area contributed by atoms with Crippen molar-refractivity contribution < 1.29 is 14.3 Å². The van der Waals surface area contributed by atoms with E-state index in [0.717, 1.165) is 30.5 Å². The van der Waals surface area contributed by atoms with Gasteiger partial charge in [-0.1, -0.05) is 42.5 Å². The standard InChI is InChI=1S/C25H27N3O3/c1-16-23(17(2)28(27-16)20-12-5-4-6-13-20)25(30)31-18(3)24(29)26-22-15-9-11-19-10-7-8-14-21(19)22/h4-8,10,12-14,18,22H,9,11,15H2,1-3H3,(H,26,29)/t18-,22+/m1/s1. The van der Waals surface area contributed by atoms with Gasteiger partial charge in [0.25, 0.3) is 5.91 Å². The van der Waals surface area contributed by atoms with Gasteiger partial charge >= 0.3 is 5.97 Å². The van der Waals surface area contributed by atoms with Crippen LogP contribution >= 0.6 is 0 Å². The van der Waals surface area contributed by atoms with Crippen LogP contribution in [0.4, 0.5) is 0 Å². The summed E-state index contributed by atoms with van der Waals surface area (Å²) >= 11 is 0. The minimum Gasteiger partial charge on any atom is -0.449 e. The van der Waals surface area contributed by atoms with Gasteiger partial charge in [0.05, 0.1) is 23.1 Å². The molecule has 1 aliphatic rings. The zero-order valence-corrected chi connectivity index (χ0v) is 18.1. The highest BCUT2D eigenvalue weighted by Gasteiger charge is 2.28. The third-order valence-corrected chi connectivity index (χ3v) is 5.84. The molecule has 0 aliphatic heterocycles. The molecule has 4 rings (SSSR count). The van der Waals surface area contributed by atoms with Crippen LogP contribution in [-0.2, 0) is 16.0 Å². The van der Waals surface area contributed by atoms with Crippen molar-refractivity contribution >= 4 is 11.9 Å². The summed E-state index contributed by atoms with van der Waals surface area (Å²) in [7, 11) is 0. The van der Waals surface area contributed by atoms with E-state index in [0.29, 0.717) is 17.0 Å². The minimum atomic E-state index is -0.902. The number of aromatic nitrogens is 2. The number of aryl methyl sites for hydroxylation is 2. The first-order valence-corrected chi connectivity index (χ1v) is 10.7. The molecule has 0 radical (unpaired) electrons. The largest absolute Gasteiger partial charge is 0.449 e. The van der Waals surface area contributed by atoms with Crippen molar-refractivity contribution in [3.63, 3.8) is 0 Å². The predicted octanol–water partition coefficient (Wildman–Crippen LogP) is 4.23. The molecule has 31 heavy (non-hydrogen) atoms. The maximum Gasteiger partial charge on any atom is 0.342 e. The average Bonchev–Trinajstić information content (AvgIpc) is 3.08. The molecule has 1 N–H and O–H groups in total. The molecule has 2 atom stereocenters. The first-order valence-electron chi connectivity index (χ1n) is 10.7. The van der Waals surface area contributed by atoms with Crippen molar-refractivity contribution in [1.82, 2.24) is 15.1 Å². The van der Waals surface area contributed by atoms with Crippen LogP contribution < -0.4 is 5.32 Å². The van der Waals surface area contributed by atoms with Crippen LogP contribution in [0.1, 0.15) is 58.7 Å². The summed E-state index contributed by atoms with van der Waals surface area (Å²) in [5.41, 5.74) is 4.93. The molecule has 1 amide bonds. The van der Waals surface area contributed by atoms with E-state index in [4.69, 9.17) is 4.74 Å². The van der Waals surface area contributed by atoms with E-state index < -0.39 is 12.1 Å². The molecule has 6 nitrogen and oxygen atoms in total. The maximum atomic E-state index is 12.9.